The number of hydrogen-bond acceptors (Lipinski definition) is 5. The van der Waals surface area contributed by atoms with E-state index >= 15 is 0 Å². The second-order valence-electron chi connectivity index (χ2n) is 3.45. The van der Waals surface area contributed by atoms with Gasteiger partial charge in [0.2, 0.25) is 0 Å². The summed E-state index contributed by atoms with van der Waals surface area (Å²) in [6.07, 6.45) is 0.415. The first kappa shape index (κ1) is 12.8. The normalized spacial score (nSPS) is 9.76. The summed E-state index contributed by atoms with van der Waals surface area (Å²) < 4.78 is 4.49. The average molecular weight is 237 g/mol. The molecule has 0 fully saturated rings. The third-order valence-electron chi connectivity index (χ3n) is 2.41. The first-order valence-electron chi connectivity index (χ1n) is 4.79. The smallest absolute Gasteiger partial charge is 0.309 e. The molecule has 1 aromatic carbocycles. The monoisotopic (exact) mass is 237 g/mol. The Kier molecular flexibility index (Phi) is 3.92. The number of aldehydes is 1. The van der Waals surface area contributed by atoms with Crippen LogP contribution in [0.4, 0.5) is 5.69 Å². The highest BCUT2D eigenvalue weighted by atomic mass is 16.6. The SMILES string of the molecule is COC(=O)Cc1cc(C=O)cc([N+](=O)[O-])c1C. The van der Waals surface area contributed by atoms with E-state index in [2.05, 4.69) is 4.74 Å². The van der Waals surface area contributed by atoms with Crippen molar-refractivity contribution in [1.82, 2.24) is 0 Å². The van der Waals surface area contributed by atoms with Gasteiger partial charge >= 0.3 is 5.97 Å². The Morgan fingerprint density at radius 3 is 2.65 bits per heavy atom. The van der Waals surface area contributed by atoms with Gasteiger partial charge in [0.15, 0.2) is 0 Å². The van der Waals surface area contributed by atoms with Crippen LogP contribution in [0.2, 0.25) is 0 Å². The van der Waals surface area contributed by atoms with Crippen LogP contribution in [0.15, 0.2) is 12.1 Å². The highest BCUT2D eigenvalue weighted by Gasteiger charge is 2.17. The fourth-order valence-electron chi connectivity index (χ4n) is 1.45. The van der Waals surface area contributed by atoms with Crippen molar-refractivity contribution in [1.29, 1.82) is 0 Å². The second kappa shape index (κ2) is 5.20. The van der Waals surface area contributed by atoms with Crippen molar-refractivity contribution < 1.29 is 19.2 Å². The molecule has 0 aliphatic heterocycles. The van der Waals surface area contributed by atoms with E-state index in [1.807, 2.05) is 0 Å². The van der Waals surface area contributed by atoms with Gasteiger partial charge in [0.1, 0.15) is 6.29 Å². The fourth-order valence-corrected chi connectivity index (χ4v) is 1.45. The lowest BCUT2D eigenvalue weighted by atomic mass is 10.0. The molecule has 1 rings (SSSR count). The molecule has 0 saturated heterocycles. The molecule has 0 saturated carbocycles. The average Bonchev–Trinajstić information content (AvgIpc) is 2.31. The molecule has 0 spiro atoms. The Morgan fingerprint density at radius 2 is 2.18 bits per heavy atom. The number of ether oxygens (including phenoxy) is 1. The number of hydrogen-bond donors (Lipinski definition) is 0. The highest BCUT2D eigenvalue weighted by Crippen LogP contribution is 2.23. The maximum atomic E-state index is 11.1. The molecule has 0 atom stereocenters. The fraction of sp³-hybridized carbons (Fsp3) is 0.273. The van der Waals surface area contributed by atoms with Gasteiger partial charge in [-0.05, 0) is 18.6 Å². The number of carbonyl (C=O) groups is 2. The molecule has 17 heavy (non-hydrogen) atoms. The van der Waals surface area contributed by atoms with Gasteiger partial charge in [0, 0.05) is 17.2 Å². The molecular weight excluding hydrogens is 226 g/mol. The zero-order chi connectivity index (χ0) is 13.0. The van der Waals surface area contributed by atoms with Crippen molar-refractivity contribution in [2.75, 3.05) is 7.11 Å². The summed E-state index contributed by atoms with van der Waals surface area (Å²) in [5.41, 5.74) is 0.786. The summed E-state index contributed by atoms with van der Waals surface area (Å²) in [5.74, 6) is -0.509. The van der Waals surface area contributed by atoms with Crippen LogP contribution in [0.3, 0.4) is 0 Å². The first-order chi connectivity index (χ1) is 7.99. The quantitative estimate of drug-likeness (QED) is 0.342. The standard InChI is InChI=1S/C11H11NO5/c1-7-9(5-11(14)17-2)3-8(6-13)4-10(7)12(15)16/h3-4,6H,5H2,1-2H3. The summed E-state index contributed by atoms with van der Waals surface area (Å²) in [4.78, 5) is 32.0. The van der Waals surface area contributed by atoms with Crippen LogP contribution in [0.25, 0.3) is 0 Å². The van der Waals surface area contributed by atoms with Crippen LogP contribution in [0.1, 0.15) is 21.5 Å². The molecule has 0 N–H and O–H groups in total. The predicted octanol–water partition coefficient (Wildman–Crippen LogP) is 1.43. The molecule has 0 unspecified atom stereocenters. The lowest BCUT2D eigenvalue weighted by molar-refractivity contribution is -0.385. The minimum atomic E-state index is -0.580. The van der Waals surface area contributed by atoms with Crippen molar-refractivity contribution in [3.8, 4) is 0 Å². The van der Waals surface area contributed by atoms with E-state index in [9.17, 15) is 19.7 Å². The summed E-state index contributed by atoms with van der Waals surface area (Å²) in [7, 11) is 1.23. The third kappa shape index (κ3) is 2.87. The lowest BCUT2D eigenvalue weighted by Gasteiger charge is -2.06. The van der Waals surface area contributed by atoms with E-state index in [-0.39, 0.29) is 17.7 Å². The Morgan fingerprint density at radius 1 is 1.53 bits per heavy atom. The van der Waals surface area contributed by atoms with E-state index in [0.717, 1.165) is 0 Å². The number of rotatable bonds is 4. The van der Waals surface area contributed by atoms with E-state index in [4.69, 9.17) is 0 Å². The van der Waals surface area contributed by atoms with Crippen LogP contribution in [-0.2, 0) is 16.0 Å². The Bertz CT molecular complexity index is 481. The van der Waals surface area contributed by atoms with Gasteiger partial charge in [-0.1, -0.05) is 0 Å². The van der Waals surface area contributed by atoms with Crippen LogP contribution in [0.5, 0.6) is 0 Å². The lowest BCUT2D eigenvalue weighted by Crippen LogP contribution is -2.08. The molecule has 0 amide bonds. The molecule has 0 aliphatic carbocycles. The van der Waals surface area contributed by atoms with Gasteiger partial charge in [-0.2, -0.15) is 0 Å². The molecule has 90 valence electrons. The molecule has 0 aliphatic rings. The van der Waals surface area contributed by atoms with Gasteiger partial charge in [0.05, 0.1) is 18.5 Å². The number of esters is 1. The second-order valence-corrected chi connectivity index (χ2v) is 3.45. The number of nitrogens with zero attached hydrogens (tertiary/aromatic N) is 1. The van der Waals surface area contributed by atoms with Crippen LogP contribution < -0.4 is 0 Å². The maximum Gasteiger partial charge on any atom is 0.309 e. The van der Waals surface area contributed by atoms with Crippen molar-refractivity contribution in [3.05, 3.63) is 38.9 Å². The van der Waals surface area contributed by atoms with Gasteiger partial charge < -0.3 is 4.74 Å². The van der Waals surface area contributed by atoms with Crippen LogP contribution in [-0.4, -0.2) is 24.3 Å². The zero-order valence-electron chi connectivity index (χ0n) is 9.43. The van der Waals surface area contributed by atoms with Gasteiger partial charge in [-0.3, -0.25) is 19.7 Å². The molecule has 0 bridgehead atoms. The summed E-state index contributed by atoms with van der Waals surface area (Å²) in [6, 6.07) is 2.63. The molecule has 1 aromatic rings. The molecule has 6 heteroatoms. The molecule has 0 radical (unpaired) electrons. The van der Waals surface area contributed by atoms with E-state index in [0.29, 0.717) is 17.4 Å². The van der Waals surface area contributed by atoms with Crippen molar-refractivity contribution in [3.63, 3.8) is 0 Å². The molecule has 0 aromatic heterocycles. The minimum absolute atomic E-state index is 0.0924. The Labute approximate surface area is 97.3 Å². The van der Waals surface area contributed by atoms with E-state index < -0.39 is 10.9 Å². The maximum absolute atomic E-state index is 11.1. The number of methoxy groups -OCH3 is 1. The number of nitro groups is 1. The Hall–Kier alpha value is -2.24. The highest BCUT2D eigenvalue weighted by molar-refractivity contribution is 5.80. The van der Waals surface area contributed by atoms with E-state index in [1.165, 1.54) is 26.2 Å². The largest absolute Gasteiger partial charge is 0.469 e. The number of benzene rings is 1. The summed E-state index contributed by atoms with van der Waals surface area (Å²) in [5, 5.41) is 10.8. The van der Waals surface area contributed by atoms with Gasteiger partial charge in [-0.25, -0.2) is 0 Å². The minimum Gasteiger partial charge on any atom is -0.469 e. The molecule has 0 heterocycles. The number of carbonyl (C=O) groups excluding carboxylic acids is 2. The van der Waals surface area contributed by atoms with Gasteiger partial charge in [-0.15, -0.1) is 0 Å². The first-order valence-corrected chi connectivity index (χ1v) is 4.79. The van der Waals surface area contributed by atoms with Gasteiger partial charge in [0.25, 0.3) is 5.69 Å². The topological polar surface area (TPSA) is 86.5 Å². The summed E-state index contributed by atoms with van der Waals surface area (Å²) >= 11 is 0. The van der Waals surface area contributed by atoms with Crippen LogP contribution in [0, 0.1) is 17.0 Å². The summed E-state index contributed by atoms with van der Waals surface area (Å²) in [6.45, 7) is 1.53. The number of nitro benzene ring substituents is 1. The third-order valence-corrected chi connectivity index (χ3v) is 2.41. The predicted molar refractivity (Wildman–Crippen MR) is 58.9 cm³/mol. The molecular formula is C11H11NO5. The zero-order valence-corrected chi connectivity index (χ0v) is 9.43. The van der Waals surface area contributed by atoms with Crippen molar-refractivity contribution >= 4 is 17.9 Å². The van der Waals surface area contributed by atoms with Crippen molar-refractivity contribution in [2.24, 2.45) is 0 Å². The molecule has 6 nitrogen and oxygen atoms in total. The van der Waals surface area contributed by atoms with Crippen molar-refractivity contribution in [2.45, 2.75) is 13.3 Å². The van der Waals surface area contributed by atoms with E-state index in [1.54, 1.807) is 0 Å². The Balaban J connectivity index is 3.28. The van der Waals surface area contributed by atoms with Crippen LogP contribution >= 0.6 is 0 Å².